The van der Waals surface area contributed by atoms with E-state index in [4.69, 9.17) is 18.9 Å². The largest absolute Gasteiger partial charge is 0.497 e. The first kappa shape index (κ1) is 25.6. The summed E-state index contributed by atoms with van der Waals surface area (Å²) in [6.07, 6.45) is 2.36. The summed E-state index contributed by atoms with van der Waals surface area (Å²) in [5.41, 5.74) is 0.866. The maximum atomic E-state index is 12.5. The van der Waals surface area contributed by atoms with E-state index >= 15 is 0 Å². The van der Waals surface area contributed by atoms with Gasteiger partial charge < -0.3 is 24.3 Å². The number of unbranched alkanes of at least 4 members (excludes halogenated alkanes) is 2. The van der Waals surface area contributed by atoms with Crippen LogP contribution in [0, 0.1) is 0 Å². The molecule has 2 aromatic carbocycles. The second-order valence-corrected chi connectivity index (χ2v) is 9.68. The van der Waals surface area contributed by atoms with E-state index in [-0.39, 0.29) is 23.4 Å². The van der Waals surface area contributed by atoms with Crippen LogP contribution < -0.4 is 29.0 Å². The molecular weight excluding hydrogens is 460 g/mol. The van der Waals surface area contributed by atoms with Gasteiger partial charge in [-0.15, -0.1) is 0 Å². The lowest BCUT2D eigenvalue weighted by Gasteiger charge is -2.19. The average Bonchev–Trinajstić information content (AvgIpc) is 2.85. The summed E-state index contributed by atoms with van der Waals surface area (Å²) in [7, 11) is -0.477. The van der Waals surface area contributed by atoms with Gasteiger partial charge in [0.15, 0.2) is 11.5 Å². The first-order valence-electron chi connectivity index (χ1n) is 11.2. The van der Waals surface area contributed by atoms with Gasteiger partial charge in [-0.25, -0.2) is 13.1 Å². The van der Waals surface area contributed by atoms with Crippen LogP contribution >= 0.6 is 0 Å². The van der Waals surface area contributed by atoms with Gasteiger partial charge in [0.05, 0.1) is 25.2 Å². The molecule has 1 atom stereocenters. The summed E-state index contributed by atoms with van der Waals surface area (Å²) in [6.45, 7) is 3.03. The molecule has 0 radical (unpaired) electrons. The highest BCUT2D eigenvalue weighted by Gasteiger charge is 2.19. The fraction of sp³-hybridized carbons (Fsp3) is 0.458. The van der Waals surface area contributed by atoms with Gasteiger partial charge in [-0.3, -0.25) is 4.79 Å². The Balaban J connectivity index is 1.38. The Morgan fingerprint density at radius 1 is 1.00 bits per heavy atom. The molecule has 0 aromatic heterocycles. The number of rotatable bonds is 12. The normalized spacial score (nSPS) is 13.7. The van der Waals surface area contributed by atoms with Crippen LogP contribution in [0.15, 0.2) is 41.3 Å². The molecular formula is C24H32N2O7S. The smallest absolute Gasteiger partial charge is 0.240 e. The first-order valence-corrected chi connectivity index (χ1v) is 12.7. The Labute approximate surface area is 200 Å². The molecule has 9 nitrogen and oxygen atoms in total. The summed E-state index contributed by atoms with van der Waals surface area (Å²) in [5, 5.41) is 2.98. The Hall–Kier alpha value is -2.98. The lowest BCUT2D eigenvalue weighted by Crippen LogP contribution is -2.27. The summed E-state index contributed by atoms with van der Waals surface area (Å²) < 4.78 is 49.1. The molecule has 10 heteroatoms. The molecule has 1 amide bonds. The Morgan fingerprint density at radius 2 is 1.76 bits per heavy atom. The predicted octanol–water partition coefficient (Wildman–Crippen LogP) is 3.19. The van der Waals surface area contributed by atoms with Crippen molar-refractivity contribution in [2.45, 2.75) is 43.5 Å². The van der Waals surface area contributed by atoms with Crippen LogP contribution in [0.3, 0.4) is 0 Å². The minimum atomic E-state index is -3.64. The van der Waals surface area contributed by atoms with Crippen molar-refractivity contribution in [3.63, 3.8) is 0 Å². The zero-order valence-corrected chi connectivity index (χ0v) is 20.6. The average molecular weight is 493 g/mol. The van der Waals surface area contributed by atoms with E-state index in [1.807, 2.05) is 19.1 Å². The third-order valence-corrected chi connectivity index (χ3v) is 6.94. The number of sulfonamides is 1. The van der Waals surface area contributed by atoms with Crippen molar-refractivity contribution in [2.75, 3.05) is 34.0 Å². The number of benzene rings is 2. The molecule has 186 valence electrons. The lowest BCUT2D eigenvalue weighted by molar-refractivity contribution is -0.121. The van der Waals surface area contributed by atoms with Crippen LogP contribution in [-0.2, 0) is 14.8 Å². The molecule has 2 N–H and O–H groups in total. The fourth-order valence-electron chi connectivity index (χ4n) is 3.64. The molecule has 0 fully saturated rings. The maximum Gasteiger partial charge on any atom is 0.240 e. The number of ether oxygens (including phenoxy) is 4. The van der Waals surface area contributed by atoms with Gasteiger partial charge in [0.1, 0.15) is 24.7 Å². The zero-order chi connectivity index (χ0) is 24.6. The number of carbonyl (C=O) groups is 1. The maximum absolute atomic E-state index is 12.5. The Kier molecular flexibility index (Phi) is 9.00. The van der Waals surface area contributed by atoms with E-state index < -0.39 is 10.0 Å². The molecule has 2 aromatic rings. The van der Waals surface area contributed by atoms with Crippen molar-refractivity contribution in [1.29, 1.82) is 0 Å². The third-order valence-electron chi connectivity index (χ3n) is 5.48. The van der Waals surface area contributed by atoms with Gasteiger partial charge >= 0.3 is 0 Å². The number of amides is 1. The standard InChI is InChI=1S/C24H32N2O7S/c1-17(20-10-8-18(30-2)15-22(20)31-3)26-24(27)7-5-4-6-12-25-34(28,29)19-9-11-21-23(16-19)33-14-13-32-21/h8-11,15-17,25H,4-7,12-14H2,1-3H3,(H,26,27). The molecule has 0 aliphatic carbocycles. The van der Waals surface area contributed by atoms with Crippen molar-refractivity contribution >= 4 is 15.9 Å². The number of methoxy groups -OCH3 is 2. The highest BCUT2D eigenvalue weighted by atomic mass is 32.2. The van der Waals surface area contributed by atoms with E-state index in [0.717, 1.165) is 12.0 Å². The quantitative estimate of drug-likeness (QED) is 0.438. The number of fused-ring (bicyclic) bond motifs is 1. The Morgan fingerprint density at radius 3 is 2.50 bits per heavy atom. The summed E-state index contributed by atoms with van der Waals surface area (Å²) in [6, 6.07) is 9.84. The SMILES string of the molecule is COc1ccc(C(C)NC(=O)CCCCCNS(=O)(=O)c2ccc3c(c2)OCCO3)c(OC)c1. The third kappa shape index (κ3) is 6.77. The highest BCUT2D eigenvalue weighted by Crippen LogP contribution is 2.32. The van der Waals surface area contributed by atoms with Crippen LogP contribution in [0.25, 0.3) is 0 Å². The van der Waals surface area contributed by atoms with Crippen molar-refractivity contribution < 1.29 is 32.2 Å². The number of hydrogen-bond acceptors (Lipinski definition) is 7. The summed E-state index contributed by atoms with van der Waals surface area (Å²) in [4.78, 5) is 12.5. The molecule has 0 saturated carbocycles. The molecule has 0 saturated heterocycles. The predicted molar refractivity (Wildman–Crippen MR) is 127 cm³/mol. The van der Waals surface area contributed by atoms with Crippen molar-refractivity contribution in [3.05, 3.63) is 42.0 Å². The molecule has 1 aliphatic heterocycles. The van der Waals surface area contributed by atoms with Gasteiger partial charge in [-0.05, 0) is 44.0 Å². The zero-order valence-electron chi connectivity index (χ0n) is 19.8. The monoisotopic (exact) mass is 492 g/mol. The highest BCUT2D eigenvalue weighted by molar-refractivity contribution is 7.89. The van der Waals surface area contributed by atoms with Crippen molar-refractivity contribution in [3.8, 4) is 23.0 Å². The van der Waals surface area contributed by atoms with E-state index in [9.17, 15) is 13.2 Å². The minimum absolute atomic E-state index is 0.0674. The van der Waals surface area contributed by atoms with Gasteiger partial charge in [0.2, 0.25) is 15.9 Å². The number of nitrogens with one attached hydrogen (secondary N) is 2. The van der Waals surface area contributed by atoms with Gasteiger partial charge in [-0.1, -0.05) is 6.42 Å². The van der Waals surface area contributed by atoms with E-state index in [1.54, 1.807) is 26.4 Å². The first-order chi connectivity index (χ1) is 16.3. The summed E-state index contributed by atoms with van der Waals surface area (Å²) >= 11 is 0. The molecule has 0 spiro atoms. The number of carbonyl (C=O) groups excluding carboxylic acids is 1. The van der Waals surface area contributed by atoms with Gasteiger partial charge in [-0.2, -0.15) is 0 Å². The number of hydrogen-bond donors (Lipinski definition) is 2. The van der Waals surface area contributed by atoms with Crippen LogP contribution in [0.5, 0.6) is 23.0 Å². The van der Waals surface area contributed by atoms with E-state index in [1.165, 1.54) is 12.1 Å². The van der Waals surface area contributed by atoms with E-state index in [0.29, 0.717) is 55.5 Å². The van der Waals surface area contributed by atoms with Crippen LogP contribution in [0.4, 0.5) is 0 Å². The second kappa shape index (κ2) is 11.9. The molecule has 1 aliphatic rings. The molecule has 34 heavy (non-hydrogen) atoms. The second-order valence-electron chi connectivity index (χ2n) is 7.91. The van der Waals surface area contributed by atoms with Gasteiger partial charge in [0, 0.05) is 30.7 Å². The lowest BCUT2D eigenvalue weighted by atomic mass is 10.1. The van der Waals surface area contributed by atoms with Gasteiger partial charge in [0.25, 0.3) is 0 Å². The summed E-state index contributed by atoms with van der Waals surface area (Å²) in [5.74, 6) is 2.24. The van der Waals surface area contributed by atoms with E-state index in [2.05, 4.69) is 10.0 Å². The fourth-order valence-corrected chi connectivity index (χ4v) is 4.72. The molecule has 1 heterocycles. The van der Waals surface area contributed by atoms with Crippen LogP contribution in [-0.4, -0.2) is 48.3 Å². The minimum Gasteiger partial charge on any atom is -0.497 e. The molecule has 3 rings (SSSR count). The topological polar surface area (TPSA) is 112 Å². The van der Waals surface area contributed by atoms with Crippen LogP contribution in [0.2, 0.25) is 0 Å². The van der Waals surface area contributed by atoms with Crippen molar-refractivity contribution in [2.24, 2.45) is 0 Å². The molecule has 1 unspecified atom stereocenters. The Bertz CT molecular complexity index is 1090. The van der Waals surface area contributed by atoms with Crippen LogP contribution in [0.1, 0.15) is 44.2 Å². The molecule has 0 bridgehead atoms. The van der Waals surface area contributed by atoms with Crippen molar-refractivity contribution in [1.82, 2.24) is 10.0 Å².